The smallest absolute Gasteiger partial charge is 0.340 e. The molecule has 0 aliphatic carbocycles. The standard InChI is InChI=1S/C21H17Cl2NO5/c1-11-19(21(27)29-3)16(6-12-4-5-17(25)18(7-12)28-2)20(26)24(11)15-9-13(22)8-14(23)10-15/h4-10,25H,1-3H3/b16-6-. The first-order valence-corrected chi connectivity index (χ1v) is 9.21. The number of hydrogen-bond donors (Lipinski definition) is 1. The molecule has 0 atom stereocenters. The quantitative estimate of drug-likeness (QED) is 0.563. The number of carbonyl (C=O) groups excluding carboxylic acids is 2. The summed E-state index contributed by atoms with van der Waals surface area (Å²) < 4.78 is 9.99. The fourth-order valence-corrected chi connectivity index (χ4v) is 3.62. The minimum Gasteiger partial charge on any atom is -0.504 e. The Bertz CT molecular complexity index is 1050. The van der Waals surface area contributed by atoms with Crippen molar-refractivity contribution in [3.8, 4) is 11.5 Å². The Hall–Kier alpha value is -2.96. The molecule has 1 aliphatic heterocycles. The predicted molar refractivity (Wildman–Crippen MR) is 111 cm³/mol. The largest absolute Gasteiger partial charge is 0.504 e. The molecule has 0 unspecified atom stereocenters. The Morgan fingerprint density at radius 3 is 2.34 bits per heavy atom. The minimum atomic E-state index is -0.650. The number of anilines is 1. The maximum atomic E-state index is 13.2. The van der Waals surface area contributed by atoms with Gasteiger partial charge in [-0.1, -0.05) is 29.3 Å². The van der Waals surface area contributed by atoms with Gasteiger partial charge in [-0.15, -0.1) is 0 Å². The summed E-state index contributed by atoms with van der Waals surface area (Å²) in [7, 11) is 2.66. The van der Waals surface area contributed by atoms with Crippen LogP contribution in [0, 0.1) is 0 Å². The summed E-state index contributed by atoms with van der Waals surface area (Å²) in [5.74, 6) is -0.886. The van der Waals surface area contributed by atoms with Crippen LogP contribution in [0.15, 0.2) is 53.2 Å². The molecule has 150 valence electrons. The third-order valence-corrected chi connectivity index (χ3v) is 4.85. The average Bonchev–Trinajstić information content (AvgIpc) is 2.91. The van der Waals surface area contributed by atoms with E-state index in [2.05, 4.69) is 0 Å². The monoisotopic (exact) mass is 433 g/mol. The summed E-state index contributed by atoms with van der Waals surface area (Å²) in [5, 5.41) is 10.5. The number of allylic oxidation sites excluding steroid dienone is 1. The molecule has 0 spiro atoms. The lowest BCUT2D eigenvalue weighted by molar-refractivity contribution is -0.136. The Labute approximate surface area is 177 Å². The van der Waals surface area contributed by atoms with Crippen molar-refractivity contribution >= 4 is 46.8 Å². The van der Waals surface area contributed by atoms with Crippen molar-refractivity contribution in [3.05, 3.63) is 68.9 Å². The van der Waals surface area contributed by atoms with Gasteiger partial charge in [0.15, 0.2) is 11.5 Å². The number of methoxy groups -OCH3 is 2. The molecular weight excluding hydrogens is 417 g/mol. The number of rotatable bonds is 4. The summed E-state index contributed by atoms with van der Waals surface area (Å²) in [6.07, 6.45) is 1.53. The first-order chi connectivity index (χ1) is 13.8. The van der Waals surface area contributed by atoms with Gasteiger partial charge in [-0.05, 0) is 48.9 Å². The second-order valence-electron chi connectivity index (χ2n) is 6.21. The maximum absolute atomic E-state index is 13.2. The van der Waals surface area contributed by atoms with E-state index in [4.69, 9.17) is 32.7 Å². The molecule has 2 aromatic rings. The number of carbonyl (C=O) groups is 2. The normalized spacial score (nSPS) is 15.3. The molecule has 0 fully saturated rings. The van der Waals surface area contributed by atoms with E-state index in [1.165, 1.54) is 31.3 Å². The van der Waals surface area contributed by atoms with Gasteiger partial charge in [0.2, 0.25) is 0 Å². The van der Waals surface area contributed by atoms with Crippen molar-refractivity contribution < 1.29 is 24.2 Å². The zero-order valence-corrected chi connectivity index (χ0v) is 17.3. The highest BCUT2D eigenvalue weighted by molar-refractivity contribution is 6.35. The Morgan fingerprint density at radius 1 is 1.10 bits per heavy atom. The van der Waals surface area contributed by atoms with Crippen LogP contribution in [0.4, 0.5) is 5.69 Å². The zero-order chi connectivity index (χ0) is 21.3. The van der Waals surface area contributed by atoms with E-state index in [0.717, 1.165) is 0 Å². The number of phenolic OH excluding ortho intramolecular Hbond substituents is 1. The van der Waals surface area contributed by atoms with E-state index in [1.54, 1.807) is 37.3 Å². The Kier molecular flexibility index (Phi) is 5.86. The number of halogens is 2. The van der Waals surface area contributed by atoms with Gasteiger partial charge in [-0.2, -0.15) is 0 Å². The number of ether oxygens (including phenoxy) is 2. The highest BCUT2D eigenvalue weighted by Crippen LogP contribution is 2.38. The van der Waals surface area contributed by atoms with E-state index in [1.807, 2.05) is 0 Å². The summed E-state index contributed by atoms with van der Waals surface area (Å²) in [5.41, 5.74) is 1.64. The summed E-state index contributed by atoms with van der Waals surface area (Å²) >= 11 is 12.2. The Balaban J connectivity index is 2.16. The molecule has 0 radical (unpaired) electrons. The molecule has 8 heteroatoms. The van der Waals surface area contributed by atoms with Gasteiger partial charge in [-0.25, -0.2) is 4.79 Å². The molecule has 2 aromatic carbocycles. The number of phenols is 1. The van der Waals surface area contributed by atoms with Crippen LogP contribution in [0.1, 0.15) is 12.5 Å². The van der Waals surface area contributed by atoms with Crippen LogP contribution >= 0.6 is 23.2 Å². The van der Waals surface area contributed by atoms with Crippen molar-refractivity contribution in [1.29, 1.82) is 0 Å². The number of aromatic hydroxyl groups is 1. The highest BCUT2D eigenvalue weighted by Gasteiger charge is 2.38. The lowest BCUT2D eigenvalue weighted by atomic mass is 10.0. The summed E-state index contributed by atoms with van der Waals surface area (Å²) in [6, 6.07) is 9.30. The molecule has 0 aromatic heterocycles. The van der Waals surface area contributed by atoms with Crippen molar-refractivity contribution in [3.63, 3.8) is 0 Å². The van der Waals surface area contributed by atoms with Crippen LogP contribution in [0.25, 0.3) is 6.08 Å². The van der Waals surface area contributed by atoms with Crippen LogP contribution in [0.3, 0.4) is 0 Å². The highest BCUT2D eigenvalue weighted by atomic mass is 35.5. The number of benzene rings is 2. The molecule has 3 rings (SSSR count). The fraction of sp³-hybridized carbons (Fsp3) is 0.143. The first-order valence-electron chi connectivity index (χ1n) is 8.45. The van der Waals surface area contributed by atoms with E-state index in [9.17, 15) is 14.7 Å². The van der Waals surface area contributed by atoms with Crippen molar-refractivity contribution in [2.75, 3.05) is 19.1 Å². The van der Waals surface area contributed by atoms with E-state index in [0.29, 0.717) is 27.0 Å². The third kappa shape index (κ3) is 3.95. The molecule has 1 amide bonds. The third-order valence-electron chi connectivity index (χ3n) is 4.41. The van der Waals surface area contributed by atoms with Gasteiger partial charge in [0.25, 0.3) is 5.91 Å². The van der Waals surface area contributed by atoms with Crippen molar-refractivity contribution in [1.82, 2.24) is 0 Å². The van der Waals surface area contributed by atoms with Crippen molar-refractivity contribution in [2.24, 2.45) is 0 Å². The molecule has 1 aliphatic rings. The second-order valence-corrected chi connectivity index (χ2v) is 7.08. The van der Waals surface area contributed by atoms with E-state index in [-0.39, 0.29) is 22.6 Å². The second kappa shape index (κ2) is 8.19. The Morgan fingerprint density at radius 2 is 1.76 bits per heavy atom. The zero-order valence-electron chi connectivity index (χ0n) is 15.8. The van der Waals surface area contributed by atoms with Crippen LogP contribution in [0.2, 0.25) is 10.0 Å². The number of nitrogens with zero attached hydrogens (tertiary/aromatic N) is 1. The molecule has 29 heavy (non-hydrogen) atoms. The fourth-order valence-electron chi connectivity index (χ4n) is 3.11. The maximum Gasteiger partial charge on any atom is 0.340 e. The molecule has 0 saturated carbocycles. The number of amides is 1. The lowest BCUT2D eigenvalue weighted by Crippen LogP contribution is -2.24. The van der Waals surface area contributed by atoms with Gasteiger partial charge in [0.05, 0.1) is 31.1 Å². The van der Waals surface area contributed by atoms with Crippen molar-refractivity contribution in [2.45, 2.75) is 6.92 Å². The molecule has 0 saturated heterocycles. The van der Waals surface area contributed by atoms with Crippen LogP contribution < -0.4 is 9.64 Å². The first kappa shape index (κ1) is 20.8. The van der Waals surface area contributed by atoms with Gasteiger partial charge in [0, 0.05) is 15.7 Å². The number of esters is 1. The average molecular weight is 434 g/mol. The SMILES string of the molecule is COC(=O)C1=C(C)N(c2cc(Cl)cc(Cl)c2)C(=O)/C1=C\c1ccc(O)c(OC)c1. The predicted octanol–water partition coefficient (Wildman–Crippen LogP) is 4.58. The van der Waals surface area contributed by atoms with Crippen LogP contribution in [0.5, 0.6) is 11.5 Å². The summed E-state index contributed by atoms with van der Waals surface area (Å²) in [6.45, 7) is 1.64. The molecular formula is C21H17Cl2NO5. The molecule has 1 N–H and O–H groups in total. The lowest BCUT2D eigenvalue weighted by Gasteiger charge is -2.18. The van der Waals surface area contributed by atoms with Gasteiger partial charge >= 0.3 is 5.97 Å². The van der Waals surface area contributed by atoms with Crippen LogP contribution in [-0.4, -0.2) is 31.2 Å². The minimum absolute atomic E-state index is 0.0393. The summed E-state index contributed by atoms with van der Waals surface area (Å²) in [4.78, 5) is 27.0. The molecule has 0 bridgehead atoms. The number of hydrogen-bond acceptors (Lipinski definition) is 5. The molecule has 1 heterocycles. The van der Waals surface area contributed by atoms with E-state index >= 15 is 0 Å². The van der Waals surface area contributed by atoms with E-state index < -0.39 is 11.9 Å². The van der Waals surface area contributed by atoms with Crippen LogP contribution in [-0.2, 0) is 14.3 Å². The molecule has 6 nitrogen and oxygen atoms in total. The van der Waals surface area contributed by atoms with Gasteiger partial charge in [-0.3, -0.25) is 9.69 Å². The van der Waals surface area contributed by atoms with Gasteiger partial charge < -0.3 is 14.6 Å². The van der Waals surface area contributed by atoms with Gasteiger partial charge in [0.1, 0.15) is 0 Å². The topological polar surface area (TPSA) is 76.1 Å².